The summed E-state index contributed by atoms with van der Waals surface area (Å²) in [6.07, 6.45) is 5.33. The van der Waals surface area contributed by atoms with Crippen molar-refractivity contribution in [2.75, 3.05) is 18.0 Å². The normalized spacial score (nSPS) is 17.9. The Kier molecular flexibility index (Phi) is 6.62. The summed E-state index contributed by atoms with van der Waals surface area (Å²) >= 11 is 7.13. The molecule has 2 aliphatic rings. The van der Waals surface area contributed by atoms with Gasteiger partial charge in [0, 0.05) is 48.3 Å². The van der Waals surface area contributed by atoms with E-state index in [1.54, 1.807) is 17.1 Å². The van der Waals surface area contributed by atoms with Crippen LogP contribution < -0.4 is 10.5 Å². The Balaban J connectivity index is 1.57. The van der Waals surface area contributed by atoms with Gasteiger partial charge >= 0.3 is 0 Å². The first kappa shape index (κ1) is 28.3. The smallest absolute Gasteiger partial charge is 0.262 e. The molecular formula is C34H34ClN7O2. The van der Waals surface area contributed by atoms with Gasteiger partial charge in [-0.2, -0.15) is 0 Å². The maximum absolute atomic E-state index is 14.8. The van der Waals surface area contributed by atoms with Crippen molar-refractivity contribution in [3.05, 3.63) is 87.2 Å². The summed E-state index contributed by atoms with van der Waals surface area (Å²) in [5, 5.41) is 1.28. The average Bonchev–Trinajstić information content (AvgIpc) is 3.62. The van der Waals surface area contributed by atoms with Crippen molar-refractivity contribution in [1.82, 2.24) is 29.4 Å². The summed E-state index contributed by atoms with van der Waals surface area (Å²) < 4.78 is 1.75. The maximum Gasteiger partial charge on any atom is 0.262 e. The molecule has 10 heteroatoms. The Morgan fingerprint density at radius 1 is 1.14 bits per heavy atom. The van der Waals surface area contributed by atoms with Crippen LogP contribution in [0.4, 0.5) is 5.69 Å². The molecule has 9 nitrogen and oxygen atoms in total. The molecule has 1 saturated heterocycles. The molecule has 0 aliphatic carbocycles. The van der Waals surface area contributed by atoms with Crippen molar-refractivity contribution >= 4 is 45.3 Å². The van der Waals surface area contributed by atoms with Crippen LogP contribution in [-0.4, -0.2) is 60.5 Å². The van der Waals surface area contributed by atoms with Crippen molar-refractivity contribution in [3.8, 4) is 16.9 Å². The zero-order chi connectivity index (χ0) is 31.0. The van der Waals surface area contributed by atoms with Gasteiger partial charge in [-0.25, -0.2) is 9.97 Å². The molecule has 4 aromatic heterocycles. The summed E-state index contributed by atoms with van der Waals surface area (Å²) in [4.78, 5) is 49.4. The third-order valence-electron chi connectivity index (χ3n) is 9.16. The molecule has 2 unspecified atom stereocenters. The predicted octanol–water partition coefficient (Wildman–Crippen LogP) is 5.87. The number of piperazine rings is 1. The Labute approximate surface area is 260 Å². The van der Waals surface area contributed by atoms with Gasteiger partial charge in [0.25, 0.3) is 5.56 Å². The number of fused-ring (bicyclic) bond motifs is 6. The predicted molar refractivity (Wildman–Crippen MR) is 175 cm³/mol. The number of hydrogen-bond donors (Lipinski definition) is 1. The van der Waals surface area contributed by atoms with Gasteiger partial charge in [-0.3, -0.25) is 19.1 Å². The first-order valence-corrected chi connectivity index (χ1v) is 15.3. The molecule has 7 rings (SSSR count). The van der Waals surface area contributed by atoms with Crippen LogP contribution in [0.2, 0.25) is 5.02 Å². The highest BCUT2D eigenvalue weighted by molar-refractivity contribution is 6.34. The largest absolute Gasteiger partial charge is 0.363 e. The van der Waals surface area contributed by atoms with Crippen LogP contribution in [-0.2, 0) is 11.2 Å². The van der Waals surface area contributed by atoms with Crippen molar-refractivity contribution in [3.63, 3.8) is 0 Å². The molecule has 0 radical (unpaired) electrons. The Hall–Kier alpha value is -4.50. The molecule has 2 aliphatic heterocycles. The summed E-state index contributed by atoms with van der Waals surface area (Å²) in [7, 11) is 0. The van der Waals surface area contributed by atoms with Gasteiger partial charge in [0.05, 0.1) is 51.2 Å². The second-order valence-electron chi connectivity index (χ2n) is 12.3. The van der Waals surface area contributed by atoms with Crippen LogP contribution >= 0.6 is 11.6 Å². The van der Waals surface area contributed by atoms with Crippen molar-refractivity contribution in [1.29, 1.82) is 0 Å². The lowest BCUT2D eigenvalue weighted by Gasteiger charge is -2.43. The minimum Gasteiger partial charge on any atom is -0.363 e. The molecule has 0 spiro atoms. The highest BCUT2D eigenvalue weighted by atomic mass is 35.5. The summed E-state index contributed by atoms with van der Waals surface area (Å²) in [6, 6.07) is 7.79. The number of halogens is 1. The number of nitrogens with zero attached hydrogens (tertiary/aromatic N) is 6. The second kappa shape index (κ2) is 10.3. The zero-order valence-electron chi connectivity index (χ0n) is 25.5. The van der Waals surface area contributed by atoms with E-state index in [2.05, 4.69) is 35.3 Å². The molecular weight excluding hydrogens is 574 g/mol. The number of pyridine rings is 3. The number of benzene rings is 1. The standard InChI is InChI=1S/C34H34ClN7O2/c1-7-26(43)40-15-21-12-23-32(41(21)14-20(40)6)22-13-24(35)29(27-18(4)8-9-25-30(27)38-16-37-25)39-33(22)42(34(23)44)31-19(5)10-11-36-28(31)17(2)3/h7-11,13,16-17,20-21H,1,12,14-15H2,2-6H3,(H,37,38). The number of aromatic amines is 1. The molecule has 0 bridgehead atoms. The van der Waals surface area contributed by atoms with E-state index in [1.807, 2.05) is 49.9 Å². The van der Waals surface area contributed by atoms with Gasteiger partial charge in [0.15, 0.2) is 0 Å². The molecule has 1 N–H and O–H groups in total. The summed E-state index contributed by atoms with van der Waals surface area (Å²) in [5.41, 5.74) is 8.49. The van der Waals surface area contributed by atoms with Crippen LogP contribution in [0.5, 0.6) is 0 Å². The number of nitrogens with one attached hydrogen (secondary N) is 1. The molecule has 1 fully saturated rings. The van der Waals surface area contributed by atoms with Crippen LogP contribution in [0.25, 0.3) is 39.0 Å². The number of hydrogen-bond acceptors (Lipinski definition) is 6. The number of aryl methyl sites for hydroxylation is 2. The Morgan fingerprint density at radius 2 is 1.93 bits per heavy atom. The number of anilines is 1. The number of carbonyl (C=O) groups is 1. The molecule has 1 aromatic carbocycles. The molecule has 44 heavy (non-hydrogen) atoms. The van der Waals surface area contributed by atoms with Crippen molar-refractivity contribution in [2.24, 2.45) is 0 Å². The fraction of sp³-hybridized carbons (Fsp3) is 0.324. The topological polar surface area (TPSA) is 100 Å². The lowest BCUT2D eigenvalue weighted by Crippen LogP contribution is -2.57. The van der Waals surface area contributed by atoms with Gasteiger partial charge in [0.1, 0.15) is 5.65 Å². The first-order valence-electron chi connectivity index (χ1n) is 15.0. The lowest BCUT2D eigenvalue weighted by atomic mass is 10.0. The van der Waals surface area contributed by atoms with E-state index >= 15 is 0 Å². The minimum absolute atomic E-state index is 0.0464. The van der Waals surface area contributed by atoms with Gasteiger partial charge in [-0.15, -0.1) is 0 Å². The van der Waals surface area contributed by atoms with E-state index in [4.69, 9.17) is 21.6 Å². The van der Waals surface area contributed by atoms with E-state index in [9.17, 15) is 9.59 Å². The van der Waals surface area contributed by atoms with Crippen molar-refractivity contribution in [2.45, 2.75) is 59.0 Å². The molecule has 2 atom stereocenters. The van der Waals surface area contributed by atoms with Gasteiger partial charge in [-0.05, 0) is 62.1 Å². The molecule has 1 amide bonds. The van der Waals surface area contributed by atoms with Crippen LogP contribution in [0.15, 0.2) is 54.2 Å². The van der Waals surface area contributed by atoms with E-state index < -0.39 is 0 Å². The molecule has 5 aromatic rings. The quantitative estimate of drug-likeness (QED) is 0.257. The fourth-order valence-corrected chi connectivity index (χ4v) is 7.30. The first-order chi connectivity index (χ1) is 21.1. The van der Waals surface area contributed by atoms with Gasteiger partial charge in [0.2, 0.25) is 5.91 Å². The lowest BCUT2D eigenvalue weighted by molar-refractivity contribution is -0.128. The van der Waals surface area contributed by atoms with Crippen LogP contribution in [0, 0.1) is 13.8 Å². The molecule has 6 heterocycles. The van der Waals surface area contributed by atoms with Crippen LogP contribution in [0.1, 0.15) is 49.1 Å². The fourth-order valence-electron chi connectivity index (χ4n) is 7.05. The SMILES string of the molecule is C=CC(=O)N1CC2Cc3c(c4cc(Cl)c(-c5c(C)ccc6[nH]cnc56)nc4n(-c4c(C)ccnc4C(C)C)c3=O)N2CC1C. The number of H-pyrrole nitrogens is 1. The number of imidazole rings is 1. The second-order valence-corrected chi connectivity index (χ2v) is 12.7. The Morgan fingerprint density at radius 3 is 2.68 bits per heavy atom. The number of rotatable bonds is 4. The minimum atomic E-state index is -0.121. The Bertz CT molecular complexity index is 2080. The monoisotopic (exact) mass is 607 g/mol. The van der Waals surface area contributed by atoms with E-state index in [0.717, 1.165) is 50.2 Å². The third-order valence-corrected chi connectivity index (χ3v) is 9.45. The number of amides is 1. The maximum atomic E-state index is 14.8. The molecule has 0 saturated carbocycles. The third kappa shape index (κ3) is 4.09. The molecule has 224 valence electrons. The summed E-state index contributed by atoms with van der Waals surface area (Å²) in [5.74, 6) is -0.0298. The average molecular weight is 608 g/mol. The van der Waals surface area contributed by atoms with Crippen molar-refractivity contribution < 1.29 is 4.79 Å². The van der Waals surface area contributed by atoms with E-state index in [-0.39, 0.29) is 29.5 Å². The van der Waals surface area contributed by atoms with Gasteiger partial charge in [-0.1, -0.05) is 38.1 Å². The zero-order valence-corrected chi connectivity index (χ0v) is 26.2. The van der Waals surface area contributed by atoms with Gasteiger partial charge < -0.3 is 14.8 Å². The van der Waals surface area contributed by atoms with Crippen LogP contribution in [0.3, 0.4) is 0 Å². The number of carbonyl (C=O) groups excluding carboxylic acids is 1. The highest BCUT2D eigenvalue weighted by Crippen LogP contribution is 2.43. The van der Waals surface area contributed by atoms with E-state index in [1.165, 1.54) is 6.08 Å². The summed E-state index contributed by atoms with van der Waals surface area (Å²) in [6.45, 7) is 15.0. The number of aromatic nitrogens is 5. The van der Waals surface area contributed by atoms with E-state index in [0.29, 0.717) is 41.4 Å². The highest BCUT2D eigenvalue weighted by Gasteiger charge is 2.42.